The van der Waals surface area contributed by atoms with Gasteiger partial charge in [-0.15, -0.1) is 0 Å². The molecule has 3 nitrogen and oxygen atoms in total. The van der Waals surface area contributed by atoms with Gasteiger partial charge in [0.15, 0.2) is 5.78 Å². The van der Waals surface area contributed by atoms with E-state index >= 15 is 0 Å². The van der Waals surface area contributed by atoms with Crippen LogP contribution in [0.15, 0.2) is 48.6 Å². The van der Waals surface area contributed by atoms with Crippen molar-refractivity contribution in [3.05, 3.63) is 54.1 Å². The minimum atomic E-state index is -0.243. The smallest absolute Gasteiger partial charge is 0.165 e. The van der Waals surface area contributed by atoms with Crippen LogP contribution in [-0.4, -0.2) is 25.4 Å². The van der Waals surface area contributed by atoms with E-state index in [2.05, 4.69) is 22.8 Å². The summed E-state index contributed by atoms with van der Waals surface area (Å²) < 4.78 is 0. The highest BCUT2D eigenvalue weighted by Gasteiger charge is 2.28. The molecule has 0 spiro atoms. The highest BCUT2D eigenvalue weighted by molar-refractivity contribution is 5.97. The van der Waals surface area contributed by atoms with Crippen LogP contribution in [0.3, 0.4) is 0 Å². The Kier molecular flexibility index (Phi) is 4.17. The van der Waals surface area contributed by atoms with Crippen molar-refractivity contribution in [1.82, 2.24) is 5.32 Å². The molecule has 2 rings (SSSR count). The first-order valence-electron chi connectivity index (χ1n) is 6.53. The van der Waals surface area contributed by atoms with Crippen molar-refractivity contribution in [3.8, 4) is 0 Å². The van der Waals surface area contributed by atoms with Gasteiger partial charge >= 0.3 is 0 Å². The van der Waals surface area contributed by atoms with Crippen LogP contribution in [0.5, 0.6) is 0 Å². The van der Waals surface area contributed by atoms with Gasteiger partial charge in [-0.1, -0.05) is 24.3 Å². The van der Waals surface area contributed by atoms with Gasteiger partial charge in [-0.2, -0.15) is 0 Å². The molecule has 19 heavy (non-hydrogen) atoms. The third kappa shape index (κ3) is 3.12. The van der Waals surface area contributed by atoms with E-state index < -0.39 is 0 Å². The van der Waals surface area contributed by atoms with E-state index in [1.807, 2.05) is 50.5 Å². The Labute approximate surface area is 114 Å². The molecule has 0 aliphatic heterocycles. The molecule has 0 amide bonds. The maximum atomic E-state index is 12.4. The number of hydrogen-bond acceptors (Lipinski definition) is 3. The molecule has 0 fully saturated rings. The van der Waals surface area contributed by atoms with Crippen molar-refractivity contribution in [3.63, 3.8) is 0 Å². The highest BCUT2D eigenvalue weighted by Crippen LogP contribution is 2.24. The predicted molar refractivity (Wildman–Crippen MR) is 79.6 cm³/mol. The molecule has 2 N–H and O–H groups in total. The Hall–Kier alpha value is -1.87. The number of benzene rings is 1. The molecule has 1 unspecified atom stereocenters. The number of Topliss-reactive ketones (excluding diaryl/α,β-unsaturated/α-hetero) is 1. The first-order valence-corrected chi connectivity index (χ1v) is 6.53. The monoisotopic (exact) mass is 256 g/mol. The summed E-state index contributed by atoms with van der Waals surface area (Å²) in [6, 6.07) is 7.60. The van der Waals surface area contributed by atoms with Crippen LogP contribution in [0.4, 0.5) is 5.69 Å². The number of hydrogen-bond donors (Lipinski definition) is 2. The summed E-state index contributed by atoms with van der Waals surface area (Å²) >= 11 is 0. The van der Waals surface area contributed by atoms with Crippen LogP contribution in [-0.2, 0) is 0 Å². The lowest BCUT2D eigenvalue weighted by atomic mass is 9.85. The van der Waals surface area contributed by atoms with Crippen LogP contribution >= 0.6 is 0 Å². The quantitative estimate of drug-likeness (QED) is 0.796. The van der Waals surface area contributed by atoms with E-state index in [1.54, 1.807) is 0 Å². The van der Waals surface area contributed by atoms with Gasteiger partial charge in [0.05, 0.1) is 0 Å². The zero-order valence-electron chi connectivity index (χ0n) is 11.4. The second kappa shape index (κ2) is 5.85. The van der Waals surface area contributed by atoms with Crippen molar-refractivity contribution in [2.75, 3.05) is 19.4 Å². The summed E-state index contributed by atoms with van der Waals surface area (Å²) in [6.07, 6.45) is 9.50. The molecule has 1 aromatic rings. The van der Waals surface area contributed by atoms with Gasteiger partial charge in [0.2, 0.25) is 0 Å². The van der Waals surface area contributed by atoms with E-state index in [0.29, 0.717) is 6.42 Å². The second-order valence-corrected chi connectivity index (χ2v) is 4.82. The van der Waals surface area contributed by atoms with Gasteiger partial charge in [-0.3, -0.25) is 4.79 Å². The molecular weight excluding hydrogens is 236 g/mol. The molecule has 1 aliphatic carbocycles. The summed E-state index contributed by atoms with van der Waals surface area (Å²) in [5.74, 6) is 0.164. The summed E-state index contributed by atoms with van der Waals surface area (Å²) in [5, 5.41) is 6.32. The minimum Gasteiger partial charge on any atom is -0.388 e. The van der Waals surface area contributed by atoms with Crippen LogP contribution in [0.25, 0.3) is 0 Å². The third-order valence-corrected chi connectivity index (χ3v) is 3.61. The molecule has 0 bridgehead atoms. The van der Waals surface area contributed by atoms with Gasteiger partial charge in [-0.05, 0) is 37.7 Å². The Morgan fingerprint density at radius 3 is 2.47 bits per heavy atom. The summed E-state index contributed by atoms with van der Waals surface area (Å²) in [6.45, 7) is 0. The Morgan fingerprint density at radius 1 is 1.21 bits per heavy atom. The molecule has 0 saturated carbocycles. The molecule has 0 heterocycles. The first kappa shape index (κ1) is 13.6. The van der Waals surface area contributed by atoms with Gasteiger partial charge in [-0.25, -0.2) is 0 Å². The molecule has 3 heteroatoms. The molecule has 1 atom stereocenters. The van der Waals surface area contributed by atoms with E-state index in [4.69, 9.17) is 0 Å². The lowest BCUT2D eigenvalue weighted by Crippen LogP contribution is -2.43. The molecule has 0 aromatic heterocycles. The number of anilines is 1. The normalized spacial score (nSPS) is 21.4. The van der Waals surface area contributed by atoms with Gasteiger partial charge in [0, 0.05) is 30.3 Å². The number of allylic oxidation sites excluding steroid dienone is 2. The Balaban J connectivity index is 2.11. The number of nitrogens with one attached hydrogen (secondary N) is 2. The molecule has 1 aromatic carbocycles. The molecule has 100 valence electrons. The third-order valence-electron chi connectivity index (χ3n) is 3.61. The Bertz CT molecular complexity index is 502. The maximum Gasteiger partial charge on any atom is 0.165 e. The standard InChI is InChI=1S/C16H20N2O/c1-17-14-8-6-13(7-9-14)15(19)12-16(18-2)10-4-3-5-11-16/h3-10,17-18H,11-12H2,1-2H3. The Morgan fingerprint density at radius 2 is 1.95 bits per heavy atom. The van der Waals surface area contributed by atoms with E-state index in [9.17, 15) is 4.79 Å². The van der Waals surface area contributed by atoms with E-state index in [-0.39, 0.29) is 11.3 Å². The topological polar surface area (TPSA) is 41.1 Å². The van der Waals surface area contributed by atoms with Crippen LogP contribution < -0.4 is 10.6 Å². The number of likely N-dealkylation sites (N-methyl/N-ethyl adjacent to an activating group) is 1. The van der Waals surface area contributed by atoms with Gasteiger partial charge < -0.3 is 10.6 Å². The van der Waals surface area contributed by atoms with E-state index in [1.165, 1.54) is 0 Å². The number of carbonyl (C=O) groups excluding carboxylic acids is 1. The summed E-state index contributed by atoms with van der Waals surface area (Å²) in [7, 11) is 3.77. The lowest BCUT2D eigenvalue weighted by Gasteiger charge is -2.30. The van der Waals surface area contributed by atoms with Crippen molar-refractivity contribution >= 4 is 11.5 Å². The SMILES string of the molecule is CNc1ccc(C(=O)CC2(NC)C=CC=CC2)cc1. The largest absolute Gasteiger partial charge is 0.388 e. The van der Waals surface area contributed by atoms with Gasteiger partial charge in [0.25, 0.3) is 0 Å². The van der Waals surface area contributed by atoms with Crippen LogP contribution in [0, 0.1) is 0 Å². The number of rotatable bonds is 5. The zero-order chi connectivity index (χ0) is 13.7. The van der Waals surface area contributed by atoms with E-state index in [0.717, 1.165) is 17.7 Å². The van der Waals surface area contributed by atoms with Crippen LogP contribution in [0.2, 0.25) is 0 Å². The molecule has 0 saturated heterocycles. The molecule has 0 radical (unpaired) electrons. The number of carbonyl (C=O) groups is 1. The van der Waals surface area contributed by atoms with Crippen LogP contribution in [0.1, 0.15) is 23.2 Å². The van der Waals surface area contributed by atoms with Crippen molar-refractivity contribution in [2.45, 2.75) is 18.4 Å². The summed E-state index contributed by atoms with van der Waals surface area (Å²) in [5.41, 5.74) is 1.53. The highest BCUT2D eigenvalue weighted by atomic mass is 16.1. The fourth-order valence-corrected chi connectivity index (χ4v) is 2.28. The average Bonchev–Trinajstić information content (AvgIpc) is 2.48. The fourth-order valence-electron chi connectivity index (χ4n) is 2.28. The lowest BCUT2D eigenvalue weighted by molar-refractivity contribution is 0.0954. The van der Waals surface area contributed by atoms with Crippen molar-refractivity contribution in [2.24, 2.45) is 0 Å². The second-order valence-electron chi connectivity index (χ2n) is 4.82. The van der Waals surface area contributed by atoms with Gasteiger partial charge in [0.1, 0.15) is 0 Å². The number of ketones is 1. The fraction of sp³-hybridized carbons (Fsp3) is 0.312. The zero-order valence-corrected chi connectivity index (χ0v) is 11.4. The maximum absolute atomic E-state index is 12.4. The first-order chi connectivity index (χ1) is 9.19. The summed E-state index contributed by atoms with van der Waals surface area (Å²) in [4.78, 5) is 12.4. The average molecular weight is 256 g/mol. The molecular formula is C16H20N2O. The van der Waals surface area contributed by atoms with Crippen molar-refractivity contribution in [1.29, 1.82) is 0 Å². The minimum absolute atomic E-state index is 0.164. The predicted octanol–water partition coefficient (Wildman–Crippen LogP) is 2.78. The molecule has 1 aliphatic rings. The van der Waals surface area contributed by atoms with Crippen molar-refractivity contribution < 1.29 is 4.79 Å².